The van der Waals surface area contributed by atoms with Crippen molar-refractivity contribution in [2.24, 2.45) is 0 Å². The molecule has 0 amide bonds. The van der Waals surface area contributed by atoms with Gasteiger partial charge in [0.2, 0.25) is 0 Å². The Morgan fingerprint density at radius 2 is 0.946 bits per heavy atom. The number of hydrogen-bond donors (Lipinski definition) is 0. The van der Waals surface area contributed by atoms with Crippen molar-refractivity contribution in [1.29, 1.82) is 0 Å². The number of hydrogen-bond acceptors (Lipinski definition) is 0. The van der Waals surface area contributed by atoms with E-state index in [-0.39, 0.29) is 5.41 Å². The zero-order valence-electron chi connectivity index (χ0n) is 22.9. The maximum absolute atomic E-state index is 3.84. The van der Waals surface area contributed by atoms with Crippen molar-refractivity contribution in [3.8, 4) is 22.3 Å². The Labute approximate surface area is 242 Å². The third-order valence-corrected chi connectivity index (χ3v) is 9.44. The van der Waals surface area contributed by atoms with Gasteiger partial charge in [0.1, 0.15) is 0 Å². The van der Waals surface area contributed by atoms with Crippen LogP contribution >= 0.6 is 31.9 Å². The molecule has 0 bridgehead atoms. The first-order valence-electron chi connectivity index (χ1n) is 14.8. The quantitative estimate of drug-likeness (QED) is 0.148. The zero-order chi connectivity index (χ0) is 26.1. The topological polar surface area (TPSA) is 0 Å². The van der Waals surface area contributed by atoms with Gasteiger partial charge in [0.05, 0.1) is 0 Å². The van der Waals surface area contributed by atoms with Gasteiger partial charge in [-0.3, -0.25) is 0 Å². The van der Waals surface area contributed by atoms with Crippen LogP contribution in [0, 0.1) is 0 Å². The molecule has 0 atom stereocenters. The third-order valence-electron chi connectivity index (χ3n) is 8.41. The van der Waals surface area contributed by atoms with Gasteiger partial charge in [-0.15, -0.1) is 0 Å². The van der Waals surface area contributed by atoms with E-state index in [0.29, 0.717) is 0 Å². The van der Waals surface area contributed by atoms with Gasteiger partial charge in [-0.1, -0.05) is 153 Å². The Morgan fingerprint density at radius 3 is 1.54 bits per heavy atom. The molecule has 1 aliphatic rings. The molecule has 198 valence electrons. The molecule has 0 saturated heterocycles. The Bertz CT molecular complexity index is 1110. The SMILES string of the molecule is CCCCCCCCC1(CCCCCCCC)c2cc(Br)ccc2-c2ccc(-c3ccc(Br)cc3)cc21. The zero-order valence-corrected chi connectivity index (χ0v) is 26.1. The first-order valence-corrected chi connectivity index (χ1v) is 16.4. The molecule has 2 heteroatoms. The molecule has 0 aliphatic heterocycles. The molecule has 4 rings (SSSR count). The van der Waals surface area contributed by atoms with E-state index in [2.05, 4.69) is 106 Å². The molecule has 0 aromatic heterocycles. The fraction of sp³-hybridized carbons (Fsp3) is 0.486. The van der Waals surface area contributed by atoms with E-state index < -0.39 is 0 Å². The fourth-order valence-electron chi connectivity index (χ4n) is 6.37. The normalized spacial score (nSPS) is 13.5. The lowest BCUT2D eigenvalue weighted by Gasteiger charge is -2.33. The number of fused-ring (bicyclic) bond motifs is 3. The second-order valence-electron chi connectivity index (χ2n) is 11.1. The predicted octanol–water partition coefficient (Wildman–Crippen LogP) is 12.6. The lowest BCUT2D eigenvalue weighted by Crippen LogP contribution is -2.25. The summed E-state index contributed by atoms with van der Waals surface area (Å²) in [6.07, 6.45) is 18.7. The van der Waals surface area contributed by atoms with E-state index in [1.54, 1.807) is 11.1 Å². The van der Waals surface area contributed by atoms with Gasteiger partial charge in [-0.2, -0.15) is 0 Å². The molecule has 1 aliphatic carbocycles. The molecule has 0 radical (unpaired) electrons. The molecule has 3 aromatic rings. The minimum Gasteiger partial charge on any atom is -0.0654 e. The van der Waals surface area contributed by atoms with Crippen molar-refractivity contribution in [2.45, 2.75) is 109 Å². The molecule has 37 heavy (non-hydrogen) atoms. The van der Waals surface area contributed by atoms with E-state index in [1.807, 2.05) is 0 Å². The monoisotopic (exact) mass is 622 g/mol. The smallest absolute Gasteiger partial charge is 0.0215 e. The lowest BCUT2D eigenvalue weighted by atomic mass is 9.70. The molecule has 0 spiro atoms. The summed E-state index contributed by atoms with van der Waals surface area (Å²) in [7, 11) is 0. The van der Waals surface area contributed by atoms with Crippen LogP contribution in [0.4, 0.5) is 0 Å². The van der Waals surface area contributed by atoms with Crippen LogP contribution in [0.1, 0.15) is 115 Å². The van der Waals surface area contributed by atoms with Crippen molar-refractivity contribution < 1.29 is 0 Å². The van der Waals surface area contributed by atoms with E-state index in [0.717, 1.165) is 4.47 Å². The highest BCUT2D eigenvalue weighted by Gasteiger charge is 2.42. The van der Waals surface area contributed by atoms with E-state index in [9.17, 15) is 0 Å². The van der Waals surface area contributed by atoms with Crippen LogP contribution in [0.15, 0.2) is 69.6 Å². The maximum atomic E-state index is 3.84. The summed E-state index contributed by atoms with van der Waals surface area (Å²) in [4.78, 5) is 0. The molecular formula is C35H44Br2. The van der Waals surface area contributed by atoms with Crippen LogP contribution in [-0.2, 0) is 5.41 Å². The van der Waals surface area contributed by atoms with Crippen LogP contribution < -0.4 is 0 Å². The van der Waals surface area contributed by atoms with Gasteiger partial charge >= 0.3 is 0 Å². The van der Waals surface area contributed by atoms with Gasteiger partial charge in [-0.25, -0.2) is 0 Å². The van der Waals surface area contributed by atoms with Gasteiger partial charge in [0.25, 0.3) is 0 Å². The van der Waals surface area contributed by atoms with Crippen molar-refractivity contribution in [1.82, 2.24) is 0 Å². The Morgan fingerprint density at radius 1 is 0.486 bits per heavy atom. The van der Waals surface area contributed by atoms with Gasteiger partial charge in [0.15, 0.2) is 0 Å². The number of unbranched alkanes of at least 4 members (excludes halogenated alkanes) is 10. The first kappa shape index (κ1) is 28.6. The number of benzene rings is 3. The summed E-state index contributed by atoms with van der Waals surface area (Å²) < 4.78 is 2.35. The van der Waals surface area contributed by atoms with Crippen LogP contribution in [0.5, 0.6) is 0 Å². The summed E-state index contributed by atoms with van der Waals surface area (Å²) in [5, 5.41) is 0. The van der Waals surface area contributed by atoms with E-state index in [1.165, 1.54) is 117 Å². The molecule has 0 fully saturated rings. The highest BCUT2D eigenvalue weighted by molar-refractivity contribution is 9.10. The first-order chi connectivity index (χ1) is 18.1. The summed E-state index contributed by atoms with van der Waals surface area (Å²) in [5.41, 5.74) is 8.81. The molecule has 0 saturated carbocycles. The molecule has 0 unspecified atom stereocenters. The maximum Gasteiger partial charge on any atom is 0.0215 e. The molecule has 0 N–H and O–H groups in total. The average molecular weight is 625 g/mol. The average Bonchev–Trinajstić information content (AvgIpc) is 3.17. The fourth-order valence-corrected chi connectivity index (χ4v) is 6.99. The summed E-state index contributed by atoms with van der Waals surface area (Å²) in [5.74, 6) is 0. The van der Waals surface area contributed by atoms with E-state index >= 15 is 0 Å². The number of rotatable bonds is 15. The minimum absolute atomic E-state index is 0.120. The van der Waals surface area contributed by atoms with Gasteiger partial charge in [-0.05, 0) is 76.6 Å². The van der Waals surface area contributed by atoms with Crippen LogP contribution in [0.25, 0.3) is 22.3 Å². The van der Waals surface area contributed by atoms with Gasteiger partial charge in [0, 0.05) is 14.4 Å². The minimum atomic E-state index is 0.120. The van der Waals surface area contributed by atoms with Crippen LogP contribution in [0.2, 0.25) is 0 Å². The molecule has 3 aromatic carbocycles. The Kier molecular flexibility index (Phi) is 10.9. The summed E-state index contributed by atoms with van der Waals surface area (Å²) >= 11 is 7.44. The van der Waals surface area contributed by atoms with E-state index in [4.69, 9.17) is 0 Å². The van der Waals surface area contributed by atoms with Crippen LogP contribution in [0.3, 0.4) is 0 Å². The number of halogens is 2. The van der Waals surface area contributed by atoms with Crippen molar-refractivity contribution in [3.63, 3.8) is 0 Å². The highest BCUT2D eigenvalue weighted by Crippen LogP contribution is 2.55. The second kappa shape index (κ2) is 14.1. The largest absolute Gasteiger partial charge is 0.0654 e. The molecule has 0 nitrogen and oxygen atoms in total. The molecular weight excluding hydrogens is 580 g/mol. The van der Waals surface area contributed by atoms with Gasteiger partial charge < -0.3 is 0 Å². The lowest BCUT2D eigenvalue weighted by molar-refractivity contribution is 0.398. The predicted molar refractivity (Wildman–Crippen MR) is 169 cm³/mol. The third kappa shape index (κ3) is 6.99. The second-order valence-corrected chi connectivity index (χ2v) is 12.9. The standard InChI is InChI=1S/C35H44Br2/c1-3-5-7-9-11-13-23-35(24-14-12-10-8-6-4-2)33-25-28(27-15-18-29(36)19-16-27)17-21-31(33)32-22-20-30(37)26-34(32)35/h15-22,25-26H,3-14,23-24H2,1-2H3. The summed E-state index contributed by atoms with van der Waals surface area (Å²) in [6.45, 7) is 4.62. The van der Waals surface area contributed by atoms with Crippen molar-refractivity contribution in [2.75, 3.05) is 0 Å². The molecule has 0 heterocycles. The summed E-state index contributed by atoms with van der Waals surface area (Å²) in [6, 6.07) is 23.1. The Hall–Kier alpha value is -1.38. The van der Waals surface area contributed by atoms with Crippen molar-refractivity contribution >= 4 is 31.9 Å². The van der Waals surface area contributed by atoms with Crippen molar-refractivity contribution in [3.05, 3.63) is 80.7 Å². The highest BCUT2D eigenvalue weighted by atomic mass is 79.9. The van der Waals surface area contributed by atoms with Crippen LogP contribution in [-0.4, -0.2) is 0 Å². The Balaban J connectivity index is 1.69.